The first-order valence-electron chi connectivity index (χ1n) is 41.4. The first kappa shape index (κ1) is 95.0. The van der Waals surface area contributed by atoms with Crippen molar-refractivity contribution in [2.45, 2.75) is 265 Å². The molecule has 0 bridgehead atoms. The topological polar surface area (TPSA) is 652 Å². The number of hydrogen-bond donors (Lipinski definition) is 16. The van der Waals surface area contributed by atoms with Crippen LogP contribution in [0.2, 0.25) is 0 Å². The number of nitrogens with zero attached hydrogens (tertiary/aromatic N) is 7. The molecular formula is C77H100F4N12O35. The number of alkyl halides is 4. The molecule has 6 aromatic heterocycles. The number of fused-ring (bicyclic) bond motifs is 6. The molecule has 10 aliphatic heterocycles. The molecular weight excluding hydrogens is 1730 g/mol. The molecule has 22 atom stereocenters. The van der Waals surface area contributed by atoms with E-state index in [0.29, 0.717) is 12.8 Å². The lowest BCUT2D eigenvalue weighted by atomic mass is 9.90. The second-order valence-corrected chi connectivity index (χ2v) is 33.3. The zero-order valence-corrected chi connectivity index (χ0v) is 68.7. The summed E-state index contributed by atoms with van der Waals surface area (Å²) in [5.74, 6) is -2.09. The number of hydrogen-bond acceptors (Lipinski definition) is 36. The number of aromatic amines is 5. The Morgan fingerprint density at radius 3 is 0.883 bits per heavy atom. The average Bonchev–Trinajstić information content (AvgIpc) is 1.52. The summed E-state index contributed by atoms with van der Waals surface area (Å²) in [6.45, 7) is -4.29. The molecule has 706 valence electrons. The van der Waals surface area contributed by atoms with E-state index in [-0.39, 0.29) is 18.2 Å². The predicted octanol–water partition coefficient (Wildman–Crippen LogP) is -6.09. The van der Waals surface area contributed by atoms with Crippen LogP contribution in [0.15, 0.2) is 126 Å². The number of aromatic nitrogens is 12. The fourth-order valence-corrected chi connectivity index (χ4v) is 18.5. The molecule has 13 aliphatic rings. The summed E-state index contributed by atoms with van der Waals surface area (Å²) in [6.07, 6.45) is 1.28. The molecule has 3 aliphatic carbocycles. The molecule has 3 spiro atoms. The molecule has 0 aromatic carbocycles. The van der Waals surface area contributed by atoms with Gasteiger partial charge in [-0.3, -0.25) is 81.1 Å². The van der Waals surface area contributed by atoms with Crippen molar-refractivity contribution in [2.24, 2.45) is 0 Å². The number of nitrogens with one attached hydrogen (secondary N) is 5. The van der Waals surface area contributed by atoms with Crippen LogP contribution in [-0.2, 0) is 56.8 Å². The average molecular weight is 1830 g/mol. The summed E-state index contributed by atoms with van der Waals surface area (Å²) in [4.78, 5) is 140. The van der Waals surface area contributed by atoms with Crippen molar-refractivity contribution < 1.29 is 135 Å². The van der Waals surface area contributed by atoms with Crippen molar-refractivity contribution in [3.05, 3.63) is 188 Å². The van der Waals surface area contributed by atoms with E-state index in [1.165, 1.54) is 62.8 Å². The highest BCUT2D eigenvalue weighted by Gasteiger charge is 2.69. The van der Waals surface area contributed by atoms with Crippen LogP contribution in [0, 0.1) is 0 Å². The van der Waals surface area contributed by atoms with E-state index >= 15 is 0 Å². The van der Waals surface area contributed by atoms with Gasteiger partial charge in [0.2, 0.25) is 0 Å². The van der Waals surface area contributed by atoms with E-state index in [1.807, 2.05) is 9.97 Å². The number of H-pyrrole nitrogens is 5. The van der Waals surface area contributed by atoms with Crippen molar-refractivity contribution in [3.63, 3.8) is 0 Å². The highest BCUT2D eigenvalue weighted by atomic mass is 19.1. The molecule has 9 saturated heterocycles. The van der Waals surface area contributed by atoms with E-state index in [1.54, 1.807) is 0 Å². The molecule has 16 heterocycles. The number of aliphatic hydroxyl groups is 11. The highest BCUT2D eigenvalue weighted by molar-refractivity contribution is 5.16. The third kappa shape index (κ3) is 17.0. The summed E-state index contributed by atoms with van der Waals surface area (Å²) in [5, 5.41) is 106. The summed E-state index contributed by atoms with van der Waals surface area (Å²) >= 11 is 0. The van der Waals surface area contributed by atoms with Crippen molar-refractivity contribution in [1.82, 2.24) is 57.3 Å². The van der Waals surface area contributed by atoms with Gasteiger partial charge in [-0.15, -0.1) is 0 Å². The van der Waals surface area contributed by atoms with Gasteiger partial charge in [-0.2, -0.15) is 4.98 Å². The van der Waals surface area contributed by atoms with Crippen LogP contribution in [-0.4, -0.2) is 304 Å². The molecule has 19 rings (SSSR count). The third-order valence-corrected chi connectivity index (χ3v) is 25.7. The van der Waals surface area contributed by atoms with Gasteiger partial charge < -0.3 is 118 Å². The lowest BCUT2D eigenvalue weighted by molar-refractivity contribution is -0.245. The summed E-state index contributed by atoms with van der Waals surface area (Å²) < 4.78 is 135. The fraction of sp³-hybridized carbons (Fsp3) is 0.688. The lowest BCUT2D eigenvalue weighted by Crippen LogP contribution is -2.49. The van der Waals surface area contributed by atoms with Crippen LogP contribution >= 0.6 is 0 Å². The number of halogens is 4. The second-order valence-electron chi connectivity index (χ2n) is 33.3. The van der Waals surface area contributed by atoms with Gasteiger partial charge in [-0.1, -0.05) is 13.8 Å². The Morgan fingerprint density at radius 1 is 0.328 bits per heavy atom. The first-order chi connectivity index (χ1) is 61.1. The zero-order valence-electron chi connectivity index (χ0n) is 68.7. The number of ether oxygens (including phenoxy) is 13. The molecule has 0 unspecified atom stereocenters. The normalized spacial score (nSPS) is 34.9. The van der Waals surface area contributed by atoms with Crippen LogP contribution in [0.3, 0.4) is 0 Å². The third-order valence-electron chi connectivity index (χ3n) is 25.7. The van der Waals surface area contributed by atoms with Crippen LogP contribution < -0.4 is 66.5 Å². The molecule has 128 heavy (non-hydrogen) atoms. The quantitative estimate of drug-likeness (QED) is 0.0378. The Hall–Kier alpha value is -9.12. The van der Waals surface area contributed by atoms with Crippen LogP contribution in [0.5, 0.6) is 6.01 Å². The number of rotatable bonds is 17. The van der Waals surface area contributed by atoms with Gasteiger partial charge in [0.1, 0.15) is 99.4 Å². The van der Waals surface area contributed by atoms with Gasteiger partial charge in [0, 0.05) is 112 Å². The van der Waals surface area contributed by atoms with Gasteiger partial charge in [0.15, 0.2) is 83.2 Å². The van der Waals surface area contributed by atoms with E-state index in [2.05, 4.69) is 33.8 Å². The smallest absolute Gasteiger partial charge is 0.330 e. The molecule has 0 radical (unpaired) electrons. The monoisotopic (exact) mass is 1830 g/mol. The molecule has 3 saturated carbocycles. The molecule has 47 nitrogen and oxygen atoms in total. The Kier molecular flexibility index (Phi) is 27.7. The van der Waals surface area contributed by atoms with Crippen molar-refractivity contribution in [1.29, 1.82) is 0 Å². The largest absolute Gasteiger partial charge is 0.453 e. The molecule has 6 aromatic rings. The van der Waals surface area contributed by atoms with Gasteiger partial charge in [0.25, 0.3) is 33.4 Å². The second kappa shape index (κ2) is 37.3. The van der Waals surface area contributed by atoms with Crippen LogP contribution in [0.1, 0.15) is 141 Å². The van der Waals surface area contributed by atoms with Crippen molar-refractivity contribution in [3.8, 4) is 6.01 Å². The van der Waals surface area contributed by atoms with E-state index in [9.17, 15) is 116 Å². The van der Waals surface area contributed by atoms with Gasteiger partial charge in [0.05, 0.1) is 45.2 Å². The summed E-state index contributed by atoms with van der Waals surface area (Å²) in [5.41, 5.74) is -15.9. The Morgan fingerprint density at radius 2 is 0.586 bits per heavy atom. The zero-order chi connectivity index (χ0) is 92.2. The Bertz CT molecular complexity index is 5200. The maximum absolute atomic E-state index is 13.8. The minimum atomic E-state index is -1.99. The van der Waals surface area contributed by atoms with E-state index in [4.69, 9.17) is 71.8 Å². The minimum absolute atomic E-state index is 0.0157. The van der Waals surface area contributed by atoms with E-state index < -0.39 is 278 Å². The van der Waals surface area contributed by atoms with Crippen molar-refractivity contribution >= 4 is 0 Å². The Labute approximate surface area is 716 Å². The molecule has 0 amide bonds. The molecule has 12 fully saturated rings. The minimum Gasteiger partial charge on any atom is -0.453 e. The van der Waals surface area contributed by atoms with Gasteiger partial charge in [-0.05, 0) is 51.4 Å². The van der Waals surface area contributed by atoms with Gasteiger partial charge in [-0.25, -0.2) is 41.5 Å². The standard InChI is InChI=1S/C17H24N2O5.C15H19FN2O6.C15H20N2O7.2C10H13FN2O6.C10H11FN2O5/c1-3-16(4-2)13-12(22-17(23-13)8-5-6-9-17)14(24-16)19-10-7-11(20)18-15(19)21;16-7-14(8-19)11-10(22-15(23-11)4-1-2-5-15)12(24-14)18-6-3-9(20)17-13(18)21;18-7-14(8-19)11-10(22-15(23-11)4-1-2-5-15)12(24-14)17-6-3-9(20)16-13(17)21;2*11-3-10(4-14)7(17)6(16)8(19-10)13-2-1-5(15)12-9(13)18;11-3-10(4-14)7(16)6-8(18-10)13-2-1-5(15)12-9(13)17-6/h7,10,12-14H,3-6,8-9H2,1-2H3,(H,18,20,21);3,6,10-12,19H,1-2,4-5,7-8H2,(H,17,20,21);3,6,10-12,18-19H,1-2,4-5,7-8H2,(H,16,20,21);2*1-2,6-8,14,16-17H,3-4H2,(H,12,15,18);1-2,6-8,14,16H,3-4H2/t12-,13+,14-;10-,11+,12-,14-;10-,11+,12-;6-,7+,8-,10-;2*6-,7-,8+,10+/m111100/s1. The maximum Gasteiger partial charge on any atom is 0.330 e. The van der Waals surface area contributed by atoms with Gasteiger partial charge >= 0.3 is 34.5 Å². The Balaban J connectivity index is 0.000000125. The predicted molar refractivity (Wildman–Crippen MR) is 417 cm³/mol. The first-order valence-corrected chi connectivity index (χ1v) is 41.4. The fourth-order valence-electron chi connectivity index (χ4n) is 18.5. The van der Waals surface area contributed by atoms with Crippen molar-refractivity contribution in [2.75, 3.05) is 66.3 Å². The lowest BCUT2D eigenvalue weighted by Gasteiger charge is -2.34. The maximum atomic E-state index is 13.8. The molecule has 51 heteroatoms. The SMILES string of the molecule is CCC1(CC)O[C@@H](n2ccc(=O)[nH]c2=O)[C@@H]2OC3(CCCC3)O[C@@H]21.O=c1ccn([C@@H]2OC(CO)(CO)[C@H]3OC4(CCCC4)O[C@@H]23)c(=O)[nH]1.O=c1ccn([C@@H]2O[C@@](CO)(CF)[C@@H](O)[C@@H]2O)c(=O)[nH]1.O=c1ccn([C@@H]2O[C@@](CO)(CF)[C@@H](O)[C@H]2O)c(=O)[nH]1.O=c1ccn([C@@H]2O[C@@](CO)(CF)[C@H]3OC4(CCCC4)O[C@@H]23)c(=O)[nH]1.O=c1ccn2c(n1)O[C@@H]1[C@H]2O[C@@](CO)(CF)[C@H]1O. The number of aliphatic hydroxyl groups excluding tert-OH is 11. The molecule has 16 N–H and O–H groups in total. The highest BCUT2D eigenvalue weighted by Crippen LogP contribution is 2.57. The summed E-state index contributed by atoms with van der Waals surface area (Å²) in [6, 6.07) is 6.96. The van der Waals surface area contributed by atoms with Crippen LogP contribution in [0.25, 0.3) is 0 Å². The van der Waals surface area contributed by atoms with Crippen LogP contribution in [0.4, 0.5) is 17.6 Å². The summed E-state index contributed by atoms with van der Waals surface area (Å²) in [7, 11) is 0. The van der Waals surface area contributed by atoms with E-state index in [0.717, 1.165) is 115 Å².